The average Bonchev–Trinajstić information content (AvgIpc) is 3.11. The molecule has 23 heavy (non-hydrogen) atoms. The van der Waals surface area contributed by atoms with Gasteiger partial charge in [0.2, 0.25) is 0 Å². The number of carbonyl (C=O) groups is 1. The first kappa shape index (κ1) is 14.9. The quantitative estimate of drug-likeness (QED) is 0.723. The lowest BCUT2D eigenvalue weighted by molar-refractivity contribution is 0.0977. The Bertz CT molecular complexity index is 800. The highest BCUT2D eigenvalue weighted by Crippen LogP contribution is 2.20. The van der Waals surface area contributed by atoms with Gasteiger partial charge in [0, 0.05) is 16.8 Å². The van der Waals surface area contributed by atoms with Gasteiger partial charge < -0.3 is 9.73 Å². The maximum Gasteiger partial charge on any atom is 0.257 e. The third-order valence-corrected chi connectivity index (χ3v) is 3.33. The molecular weight excluding hydrogens is 310 g/mol. The number of benzene rings is 2. The van der Waals surface area contributed by atoms with Crippen LogP contribution in [0.25, 0.3) is 11.3 Å². The Balaban J connectivity index is 1.61. The monoisotopic (exact) mass is 323 g/mol. The summed E-state index contributed by atoms with van der Waals surface area (Å²) in [5.41, 5.74) is 2.23. The molecule has 0 aliphatic heterocycles. The number of carbonyl (C=O) groups excluding carboxylic acids is 1. The zero-order chi connectivity index (χ0) is 16.1. The molecule has 0 fully saturated rings. The molecule has 0 aliphatic carbocycles. The Morgan fingerprint density at radius 2 is 1.78 bits per heavy atom. The Kier molecular flexibility index (Phi) is 4.44. The van der Waals surface area contributed by atoms with Crippen LogP contribution in [-0.4, -0.2) is 16.0 Å². The molecule has 1 heterocycles. The number of anilines is 1. The number of oxazole rings is 1. The topological polar surface area (TPSA) is 67.2 Å². The predicted octanol–water partition coefficient (Wildman–Crippen LogP) is 3.47. The summed E-state index contributed by atoms with van der Waals surface area (Å²) in [6.45, 7) is 0. The normalized spacial score (nSPS) is 10.1. The smallest absolute Gasteiger partial charge is 0.257 e. The first-order valence-electron chi connectivity index (χ1n) is 6.89. The highest BCUT2D eigenvalue weighted by Gasteiger charge is 2.07. The minimum atomic E-state index is -0.249. The van der Waals surface area contributed by atoms with Crippen molar-refractivity contribution in [2.45, 2.75) is 0 Å². The van der Waals surface area contributed by atoms with Crippen molar-refractivity contribution >= 4 is 28.9 Å². The van der Waals surface area contributed by atoms with Gasteiger partial charge in [0.15, 0.2) is 17.3 Å². The first-order chi connectivity index (χ1) is 11.2. The SMILES string of the molecule is O=C(NC(=S)Nc1ccc(-c2cnco2)cc1)c1ccccc1. The van der Waals surface area contributed by atoms with E-state index < -0.39 is 0 Å². The van der Waals surface area contributed by atoms with E-state index in [-0.39, 0.29) is 11.0 Å². The van der Waals surface area contributed by atoms with E-state index in [1.807, 2.05) is 30.3 Å². The molecule has 0 aliphatic rings. The zero-order valence-electron chi connectivity index (χ0n) is 12.0. The second kappa shape index (κ2) is 6.85. The van der Waals surface area contributed by atoms with E-state index in [0.717, 1.165) is 11.3 Å². The highest BCUT2D eigenvalue weighted by molar-refractivity contribution is 7.80. The maximum absolute atomic E-state index is 12.0. The van der Waals surface area contributed by atoms with E-state index in [4.69, 9.17) is 16.6 Å². The van der Waals surface area contributed by atoms with Crippen LogP contribution in [0.4, 0.5) is 5.69 Å². The molecule has 0 radical (unpaired) electrons. The molecule has 1 aromatic heterocycles. The number of hydrogen-bond donors (Lipinski definition) is 2. The highest BCUT2D eigenvalue weighted by atomic mass is 32.1. The summed E-state index contributed by atoms with van der Waals surface area (Å²) in [5.74, 6) is 0.442. The molecule has 6 heteroatoms. The number of nitrogens with zero attached hydrogens (tertiary/aromatic N) is 1. The fraction of sp³-hybridized carbons (Fsp3) is 0. The van der Waals surface area contributed by atoms with Crippen molar-refractivity contribution < 1.29 is 9.21 Å². The fourth-order valence-corrected chi connectivity index (χ4v) is 2.21. The van der Waals surface area contributed by atoms with Crippen molar-refractivity contribution in [2.24, 2.45) is 0 Å². The molecule has 0 unspecified atom stereocenters. The lowest BCUT2D eigenvalue weighted by Gasteiger charge is -2.09. The second-order valence-corrected chi connectivity index (χ2v) is 5.13. The molecule has 1 amide bonds. The molecule has 114 valence electrons. The second-order valence-electron chi connectivity index (χ2n) is 4.72. The van der Waals surface area contributed by atoms with Crippen molar-refractivity contribution in [3.05, 3.63) is 72.8 Å². The number of nitrogens with one attached hydrogen (secondary N) is 2. The molecule has 0 spiro atoms. The van der Waals surface area contributed by atoms with Crippen LogP contribution >= 0.6 is 12.2 Å². The Hall–Kier alpha value is -2.99. The summed E-state index contributed by atoms with van der Waals surface area (Å²) in [6, 6.07) is 16.4. The molecule has 5 nitrogen and oxygen atoms in total. The van der Waals surface area contributed by atoms with Gasteiger partial charge in [-0.25, -0.2) is 4.98 Å². The number of rotatable bonds is 3. The van der Waals surface area contributed by atoms with Gasteiger partial charge in [-0.2, -0.15) is 0 Å². The van der Waals surface area contributed by atoms with Crippen LogP contribution in [0.15, 0.2) is 71.6 Å². The van der Waals surface area contributed by atoms with Gasteiger partial charge in [-0.05, 0) is 48.6 Å². The summed E-state index contributed by atoms with van der Waals surface area (Å²) >= 11 is 5.15. The van der Waals surface area contributed by atoms with Crippen LogP contribution in [0.3, 0.4) is 0 Å². The van der Waals surface area contributed by atoms with E-state index in [9.17, 15) is 4.79 Å². The van der Waals surface area contributed by atoms with Crippen LogP contribution in [-0.2, 0) is 0 Å². The Labute approximate surface area is 138 Å². The van der Waals surface area contributed by atoms with Crippen LogP contribution in [0.5, 0.6) is 0 Å². The molecule has 2 N–H and O–H groups in total. The van der Waals surface area contributed by atoms with Crippen molar-refractivity contribution in [1.29, 1.82) is 0 Å². The molecule has 3 aromatic rings. The van der Waals surface area contributed by atoms with Crippen LogP contribution in [0.1, 0.15) is 10.4 Å². The van der Waals surface area contributed by atoms with E-state index in [1.54, 1.807) is 30.5 Å². The lowest BCUT2D eigenvalue weighted by Crippen LogP contribution is -2.34. The third kappa shape index (κ3) is 3.81. The van der Waals surface area contributed by atoms with Crippen molar-refractivity contribution in [2.75, 3.05) is 5.32 Å². The fourth-order valence-electron chi connectivity index (χ4n) is 2.00. The summed E-state index contributed by atoms with van der Waals surface area (Å²) in [4.78, 5) is 15.9. The van der Waals surface area contributed by atoms with Crippen LogP contribution in [0, 0.1) is 0 Å². The third-order valence-electron chi connectivity index (χ3n) is 3.12. The maximum atomic E-state index is 12.0. The van der Waals surface area contributed by atoms with E-state index in [2.05, 4.69) is 15.6 Å². The number of hydrogen-bond acceptors (Lipinski definition) is 4. The summed E-state index contributed by atoms with van der Waals surface area (Å²) in [6.07, 6.45) is 3.03. The number of aromatic nitrogens is 1. The summed E-state index contributed by atoms with van der Waals surface area (Å²) in [7, 11) is 0. The molecule has 3 rings (SSSR count). The number of amides is 1. The van der Waals surface area contributed by atoms with Gasteiger partial charge in [-0.15, -0.1) is 0 Å². The minimum Gasteiger partial charge on any atom is -0.444 e. The van der Waals surface area contributed by atoms with Crippen molar-refractivity contribution in [1.82, 2.24) is 10.3 Å². The van der Waals surface area contributed by atoms with Crippen molar-refractivity contribution in [3.63, 3.8) is 0 Å². The molecule has 0 saturated carbocycles. The molecule has 0 saturated heterocycles. The van der Waals surface area contributed by atoms with Crippen molar-refractivity contribution in [3.8, 4) is 11.3 Å². The lowest BCUT2D eigenvalue weighted by atomic mass is 10.2. The standard InChI is InChI=1S/C17H13N3O2S/c21-16(13-4-2-1-3-5-13)20-17(23)19-14-8-6-12(7-9-14)15-10-18-11-22-15/h1-11H,(H2,19,20,21,23). The largest absolute Gasteiger partial charge is 0.444 e. The summed E-state index contributed by atoms with van der Waals surface area (Å²) < 4.78 is 5.23. The summed E-state index contributed by atoms with van der Waals surface area (Å²) in [5, 5.41) is 5.85. The Morgan fingerprint density at radius 3 is 2.43 bits per heavy atom. The van der Waals surface area contributed by atoms with Gasteiger partial charge in [0.05, 0.1) is 6.20 Å². The van der Waals surface area contributed by atoms with Crippen LogP contribution < -0.4 is 10.6 Å². The van der Waals surface area contributed by atoms with Gasteiger partial charge in [0.25, 0.3) is 5.91 Å². The molecule has 0 atom stereocenters. The van der Waals surface area contributed by atoms with E-state index in [1.165, 1.54) is 6.39 Å². The van der Waals surface area contributed by atoms with Gasteiger partial charge in [-0.1, -0.05) is 18.2 Å². The van der Waals surface area contributed by atoms with E-state index in [0.29, 0.717) is 11.3 Å². The van der Waals surface area contributed by atoms with E-state index >= 15 is 0 Å². The molecule has 2 aromatic carbocycles. The molecular formula is C17H13N3O2S. The Morgan fingerprint density at radius 1 is 1.04 bits per heavy atom. The van der Waals surface area contributed by atoms with Crippen LogP contribution in [0.2, 0.25) is 0 Å². The van der Waals surface area contributed by atoms with Gasteiger partial charge in [-0.3, -0.25) is 10.1 Å². The minimum absolute atomic E-state index is 0.242. The first-order valence-corrected chi connectivity index (χ1v) is 7.29. The van der Waals surface area contributed by atoms with Gasteiger partial charge >= 0.3 is 0 Å². The zero-order valence-corrected chi connectivity index (χ0v) is 12.8. The molecule has 0 bridgehead atoms. The predicted molar refractivity (Wildman–Crippen MR) is 92.1 cm³/mol. The average molecular weight is 323 g/mol. The number of thiocarbonyl (C=S) groups is 1. The van der Waals surface area contributed by atoms with Gasteiger partial charge in [0.1, 0.15) is 0 Å².